The molecule has 0 bridgehead atoms. The first-order chi connectivity index (χ1) is 7.65. The summed E-state index contributed by atoms with van der Waals surface area (Å²) in [4.78, 5) is 14.6. The standard InChI is InChI=1S/C12H11BrN2O/c1-8-5-9(13)7-10(6-8)15-12(16)11-3-2-4-14-11/h2-7,14H,1H3,(H,15,16). The number of amides is 1. The molecule has 3 nitrogen and oxygen atoms in total. The lowest BCUT2D eigenvalue weighted by Gasteiger charge is -2.05. The van der Waals surface area contributed by atoms with Crippen LogP contribution in [0.2, 0.25) is 0 Å². The molecule has 82 valence electrons. The number of hydrogen-bond donors (Lipinski definition) is 2. The van der Waals surface area contributed by atoms with Gasteiger partial charge in [-0.15, -0.1) is 0 Å². The van der Waals surface area contributed by atoms with Crippen molar-refractivity contribution in [1.29, 1.82) is 0 Å². The maximum atomic E-state index is 11.7. The molecule has 0 saturated heterocycles. The fraction of sp³-hybridized carbons (Fsp3) is 0.0833. The Hall–Kier alpha value is -1.55. The number of halogens is 1. The summed E-state index contributed by atoms with van der Waals surface area (Å²) in [5, 5.41) is 2.83. The smallest absolute Gasteiger partial charge is 0.272 e. The quantitative estimate of drug-likeness (QED) is 0.870. The molecular formula is C12H11BrN2O. The van der Waals surface area contributed by atoms with Crippen LogP contribution in [-0.2, 0) is 0 Å². The normalized spacial score (nSPS) is 10.1. The van der Waals surface area contributed by atoms with E-state index < -0.39 is 0 Å². The van der Waals surface area contributed by atoms with Gasteiger partial charge in [0.2, 0.25) is 0 Å². The number of rotatable bonds is 2. The Morgan fingerprint density at radius 2 is 2.19 bits per heavy atom. The molecule has 0 unspecified atom stereocenters. The lowest BCUT2D eigenvalue weighted by Crippen LogP contribution is -2.12. The molecule has 2 aromatic rings. The molecule has 0 aliphatic carbocycles. The number of benzene rings is 1. The number of aromatic nitrogens is 1. The lowest BCUT2D eigenvalue weighted by atomic mass is 10.2. The Kier molecular flexibility index (Phi) is 3.10. The Labute approximate surface area is 102 Å². The predicted molar refractivity (Wildman–Crippen MR) is 67.6 cm³/mol. The maximum absolute atomic E-state index is 11.7. The van der Waals surface area contributed by atoms with E-state index in [0.717, 1.165) is 15.7 Å². The van der Waals surface area contributed by atoms with Gasteiger partial charge >= 0.3 is 0 Å². The van der Waals surface area contributed by atoms with E-state index in [0.29, 0.717) is 5.69 Å². The molecule has 0 fully saturated rings. The van der Waals surface area contributed by atoms with Crippen molar-refractivity contribution < 1.29 is 4.79 Å². The minimum Gasteiger partial charge on any atom is -0.357 e. The third-order valence-electron chi connectivity index (χ3n) is 2.14. The summed E-state index contributed by atoms with van der Waals surface area (Å²) in [6.07, 6.45) is 1.72. The van der Waals surface area contributed by atoms with Crippen LogP contribution in [0.5, 0.6) is 0 Å². The van der Waals surface area contributed by atoms with Crippen LogP contribution < -0.4 is 5.32 Å². The highest BCUT2D eigenvalue weighted by atomic mass is 79.9. The monoisotopic (exact) mass is 278 g/mol. The molecule has 2 rings (SSSR count). The Morgan fingerprint density at radius 3 is 2.81 bits per heavy atom. The van der Waals surface area contributed by atoms with Gasteiger partial charge in [0, 0.05) is 16.4 Å². The van der Waals surface area contributed by atoms with E-state index in [1.54, 1.807) is 18.3 Å². The Morgan fingerprint density at radius 1 is 1.38 bits per heavy atom. The second kappa shape index (κ2) is 4.53. The second-order valence-corrected chi connectivity index (χ2v) is 4.47. The number of carbonyl (C=O) groups excluding carboxylic acids is 1. The van der Waals surface area contributed by atoms with Crippen molar-refractivity contribution in [2.75, 3.05) is 5.32 Å². The molecule has 1 heterocycles. The predicted octanol–water partition coefficient (Wildman–Crippen LogP) is 3.34. The number of H-pyrrole nitrogens is 1. The molecule has 16 heavy (non-hydrogen) atoms. The van der Waals surface area contributed by atoms with Gasteiger partial charge in [-0.1, -0.05) is 15.9 Å². The van der Waals surface area contributed by atoms with Gasteiger partial charge in [-0.3, -0.25) is 4.79 Å². The van der Waals surface area contributed by atoms with E-state index >= 15 is 0 Å². The van der Waals surface area contributed by atoms with Gasteiger partial charge < -0.3 is 10.3 Å². The van der Waals surface area contributed by atoms with Gasteiger partial charge in [-0.05, 0) is 42.8 Å². The van der Waals surface area contributed by atoms with Crippen molar-refractivity contribution in [3.05, 3.63) is 52.3 Å². The highest BCUT2D eigenvalue weighted by Gasteiger charge is 2.06. The SMILES string of the molecule is Cc1cc(Br)cc(NC(=O)c2ccc[nH]2)c1. The minimum atomic E-state index is -0.137. The molecule has 0 radical (unpaired) electrons. The van der Waals surface area contributed by atoms with Gasteiger partial charge in [0.05, 0.1) is 0 Å². The van der Waals surface area contributed by atoms with Crippen LogP contribution >= 0.6 is 15.9 Å². The van der Waals surface area contributed by atoms with Crippen molar-refractivity contribution in [2.45, 2.75) is 6.92 Å². The Balaban J connectivity index is 2.18. The Bertz CT molecular complexity index is 485. The number of aromatic amines is 1. The molecule has 1 aromatic heterocycles. The van der Waals surface area contributed by atoms with E-state index in [9.17, 15) is 4.79 Å². The third kappa shape index (κ3) is 2.52. The molecule has 1 amide bonds. The van der Waals surface area contributed by atoms with E-state index in [-0.39, 0.29) is 5.91 Å². The second-order valence-electron chi connectivity index (χ2n) is 3.56. The van der Waals surface area contributed by atoms with E-state index in [2.05, 4.69) is 26.2 Å². The van der Waals surface area contributed by atoms with Gasteiger partial charge in [0.15, 0.2) is 0 Å². The summed E-state index contributed by atoms with van der Waals surface area (Å²) >= 11 is 3.39. The lowest BCUT2D eigenvalue weighted by molar-refractivity contribution is 0.102. The molecule has 2 N–H and O–H groups in total. The molecule has 0 saturated carbocycles. The first-order valence-corrected chi connectivity index (χ1v) is 5.66. The summed E-state index contributed by atoms with van der Waals surface area (Å²) in [7, 11) is 0. The number of anilines is 1. The van der Waals surface area contributed by atoms with Gasteiger partial charge in [0.1, 0.15) is 5.69 Å². The van der Waals surface area contributed by atoms with Gasteiger partial charge in [-0.25, -0.2) is 0 Å². The highest BCUT2D eigenvalue weighted by molar-refractivity contribution is 9.10. The van der Waals surface area contributed by atoms with Crippen molar-refractivity contribution in [1.82, 2.24) is 4.98 Å². The van der Waals surface area contributed by atoms with Crippen LogP contribution in [0.25, 0.3) is 0 Å². The van der Waals surface area contributed by atoms with Crippen LogP contribution in [0.3, 0.4) is 0 Å². The molecule has 0 aliphatic rings. The molecule has 4 heteroatoms. The van der Waals surface area contributed by atoms with Gasteiger partial charge in [-0.2, -0.15) is 0 Å². The number of hydrogen-bond acceptors (Lipinski definition) is 1. The third-order valence-corrected chi connectivity index (χ3v) is 2.60. The zero-order chi connectivity index (χ0) is 11.5. The minimum absolute atomic E-state index is 0.137. The van der Waals surface area contributed by atoms with Crippen LogP contribution in [0.1, 0.15) is 16.1 Å². The van der Waals surface area contributed by atoms with Crippen LogP contribution in [0.4, 0.5) is 5.69 Å². The molecular weight excluding hydrogens is 268 g/mol. The van der Waals surface area contributed by atoms with Crippen LogP contribution in [-0.4, -0.2) is 10.9 Å². The average molecular weight is 279 g/mol. The zero-order valence-electron chi connectivity index (χ0n) is 8.75. The number of nitrogens with one attached hydrogen (secondary N) is 2. The summed E-state index contributed by atoms with van der Waals surface area (Å²) in [6.45, 7) is 1.98. The summed E-state index contributed by atoms with van der Waals surface area (Å²) in [6, 6.07) is 9.31. The summed E-state index contributed by atoms with van der Waals surface area (Å²) in [5.41, 5.74) is 2.43. The largest absolute Gasteiger partial charge is 0.357 e. The highest BCUT2D eigenvalue weighted by Crippen LogP contribution is 2.19. The molecule has 0 atom stereocenters. The van der Waals surface area contributed by atoms with E-state index in [4.69, 9.17) is 0 Å². The zero-order valence-corrected chi connectivity index (χ0v) is 10.3. The van der Waals surface area contributed by atoms with Crippen LogP contribution in [0, 0.1) is 6.92 Å². The van der Waals surface area contributed by atoms with E-state index in [1.165, 1.54) is 0 Å². The molecule has 0 spiro atoms. The summed E-state index contributed by atoms with van der Waals surface area (Å²) < 4.78 is 0.953. The molecule has 1 aromatic carbocycles. The van der Waals surface area contributed by atoms with Gasteiger partial charge in [0.25, 0.3) is 5.91 Å². The fourth-order valence-corrected chi connectivity index (χ4v) is 2.09. The van der Waals surface area contributed by atoms with Crippen LogP contribution in [0.15, 0.2) is 41.0 Å². The topological polar surface area (TPSA) is 44.9 Å². The fourth-order valence-electron chi connectivity index (χ4n) is 1.48. The first kappa shape index (κ1) is 11.0. The number of aryl methyl sites for hydroxylation is 1. The molecule has 0 aliphatic heterocycles. The first-order valence-electron chi connectivity index (χ1n) is 4.87. The average Bonchev–Trinajstić information content (AvgIpc) is 2.68. The number of carbonyl (C=O) groups is 1. The van der Waals surface area contributed by atoms with Crippen molar-refractivity contribution >= 4 is 27.5 Å². The van der Waals surface area contributed by atoms with E-state index in [1.807, 2.05) is 25.1 Å². The summed E-state index contributed by atoms with van der Waals surface area (Å²) in [5.74, 6) is -0.137. The van der Waals surface area contributed by atoms with Crippen molar-refractivity contribution in [2.24, 2.45) is 0 Å². The van der Waals surface area contributed by atoms with Crippen molar-refractivity contribution in [3.8, 4) is 0 Å². The van der Waals surface area contributed by atoms with Crippen molar-refractivity contribution in [3.63, 3.8) is 0 Å². The maximum Gasteiger partial charge on any atom is 0.272 e.